The van der Waals surface area contributed by atoms with Gasteiger partial charge >= 0.3 is 0 Å². The molecule has 0 aliphatic rings. The molecule has 0 aliphatic heterocycles. The lowest BCUT2D eigenvalue weighted by Crippen LogP contribution is -2.08. The van der Waals surface area contributed by atoms with Gasteiger partial charge in [-0.2, -0.15) is 11.8 Å². The zero-order valence-corrected chi connectivity index (χ0v) is 7.36. The first-order chi connectivity index (χ1) is 4.81. The number of thioether (sulfide) groups is 1. The van der Waals surface area contributed by atoms with Gasteiger partial charge in [0.2, 0.25) is 0 Å². The summed E-state index contributed by atoms with van der Waals surface area (Å²) in [5.74, 6) is 1.99. The number of aliphatic hydroxyl groups is 1. The summed E-state index contributed by atoms with van der Waals surface area (Å²) in [5, 5.41) is 9.18. The number of hydrogen-bond acceptors (Lipinski definition) is 2. The molecule has 0 aromatic rings. The van der Waals surface area contributed by atoms with Crippen LogP contribution >= 0.6 is 11.8 Å². The van der Waals surface area contributed by atoms with Crippen molar-refractivity contribution in [3.63, 3.8) is 0 Å². The first kappa shape index (κ1) is 10.0. The maximum atomic E-state index is 9.18. The number of aliphatic hydroxyl groups excluding tert-OH is 1. The maximum absolute atomic E-state index is 9.18. The lowest BCUT2D eigenvalue weighted by Gasteiger charge is -2.05. The van der Waals surface area contributed by atoms with Gasteiger partial charge in [-0.25, -0.2) is 0 Å². The predicted octanol–water partition coefficient (Wildman–Crippen LogP) is 2.07. The van der Waals surface area contributed by atoms with Crippen molar-refractivity contribution in [2.45, 2.75) is 25.9 Å². The molecule has 1 atom stereocenters. The Labute approximate surface area is 67.5 Å². The van der Waals surface area contributed by atoms with Crippen molar-refractivity contribution in [1.29, 1.82) is 0 Å². The van der Waals surface area contributed by atoms with Crippen LogP contribution in [0.2, 0.25) is 0 Å². The molecule has 0 saturated heterocycles. The monoisotopic (exact) mass is 160 g/mol. The molecular weight excluding hydrogens is 144 g/mol. The van der Waals surface area contributed by atoms with E-state index in [9.17, 15) is 5.11 Å². The molecule has 10 heavy (non-hydrogen) atoms. The summed E-state index contributed by atoms with van der Waals surface area (Å²) in [7, 11) is 0. The van der Waals surface area contributed by atoms with Crippen LogP contribution in [0.5, 0.6) is 0 Å². The van der Waals surface area contributed by atoms with Gasteiger partial charge in [-0.05, 0) is 18.6 Å². The first-order valence-corrected chi connectivity index (χ1v) is 4.83. The van der Waals surface area contributed by atoms with Crippen molar-refractivity contribution < 1.29 is 5.11 Å². The Balaban J connectivity index is 3.04. The van der Waals surface area contributed by atoms with Crippen molar-refractivity contribution in [1.82, 2.24) is 0 Å². The van der Waals surface area contributed by atoms with Crippen molar-refractivity contribution >= 4 is 11.8 Å². The van der Waals surface area contributed by atoms with Gasteiger partial charge in [-0.3, -0.25) is 0 Å². The van der Waals surface area contributed by atoms with E-state index in [1.807, 2.05) is 0 Å². The maximum Gasteiger partial charge on any atom is 0.0664 e. The lowest BCUT2D eigenvalue weighted by molar-refractivity contribution is 0.203. The topological polar surface area (TPSA) is 20.2 Å². The highest BCUT2D eigenvalue weighted by atomic mass is 32.2. The van der Waals surface area contributed by atoms with Gasteiger partial charge in [0.1, 0.15) is 0 Å². The van der Waals surface area contributed by atoms with Crippen LogP contribution in [-0.2, 0) is 0 Å². The summed E-state index contributed by atoms with van der Waals surface area (Å²) >= 11 is 1.80. The minimum Gasteiger partial charge on any atom is -0.392 e. The highest BCUT2D eigenvalue weighted by molar-refractivity contribution is 7.99. The fraction of sp³-hybridized carbons (Fsp3) is 0.750. The molecule has 0 aromatic carbocycles. The van der Waals surface area contributed by atoms with Crippen LogP contribution in [-0.4, -0.2) is 22.7 Å². The average molecular weight is 160 g/mol. The third-order valence-corrected chi connectivity index (χ3v) is 2.41. The van der Waals surface area contributed by atoms with Crippen LogP contribution in [0.15, 0.2) is 12.7 Å². The van der Waals surface area contributed by atoms with E-state index in [2.05, 4.69) is 13.5 Å². The SMILES string of the molecule is C=CCC(O)CSCCC. The molecule has 0 radical (unpaired) electrons. The van der Waals surface area contributed by atoms with Crippen LogP contribution < -0.4 is 0 Å². The fourth-order valence-corrected chi connectivity index (χ4v) is 1.49. The van der Waals surface area contributed by atoms with Crippen LogP contribution in [0.25, 0.3) is 0 Å². The normalized spacial score (nSPS) is 13.0. The number of hydrogen-bond donors (Lipinski definition) is 1. The van der Waals surface area contributed by atoms with E-state index in [1.165, 1.54) is 6.42 Å². The highest BCUT2D eigenvalue weighted by Gasteiger charge is 1.99. The Kier molecular flexibility index (Phi) is 7.20. The molecule has 0 bridgehead atoms. The Bertz CT molecular complexity index is 83.3. The summed E-state index contributed by atoms with van der Waals surface area (Å²) in [6, 6.07) is 0. The lowest BCUT2D eigenvalue weighted by atomic mass is 10.3. The predicted molar refractivity (Wildman–Crippen MR) is 48.4 cm³/mol. The third-order valence-electron chi connectivity index (χ3n) is 1.10. The molecule has 0 aliphatic carbocycles. The molecule has 2 heteroatoms. The van der Waals surface area contributed by atoms with Gasteiger partial charge in [0.15, 0.2) is 0 Å². The van der Waals surface area contributed by atoms with Crippen LogP contribution in [0.3, 0.4) is 0 Å². The smallest absolute Gasteiger partial charge is 0.0664 e. The molecule has 0 amide bonds. The summed E-state index contributed by atoms with van der Waals surface area (Å²) in [4.78, 5) is 0. The molecule has 1 unspecified atom stereocenters. The zero-order valence-electron chi connectivity index (χ0n) is 6.55. The largest absolute Gasteiger partial charge is 0.392 e. The summed E-state index contributed by atoms with van der Waals surface area (Å²) in [5.41, 5.74) is 0. The molecule has 0 aromatic heterocycles. The van der Waals surface area contributed by atoms with Gasteiger partial charge in [0.25, 0.3) is 0 Å². The summed E-state index contributed by atoms with van der Waals surface area (Å²) in [6.45, 7) is 5.71. The Morgan fingerprint density at radius 1 is 1.70 bits per heavy atom. The second-order valence-corrected chi connectivity index (χ2v) is 3.40. The van der Waals surface area contributed by atoms with Gasteiger partial charge in [0.05, 0.1) is 6.10 Å². The van der Waals surface area contributed by atoms with Crippen molar-refractivity contribution in [2.24, 2.45) is 0 Å². The summed E-state index contributed by atoms with van der Waals surface area (Å²) < 4.78 is 0. The van der Waals surface area contributed by atoms with Crippen molar-refractivity contribution in [2.75, 3.05) is 11.5 Å². The molecule has 0 saturated carbocycles. The van der Waals surface area contributed by atoms with Crippen molar-refractivity contribution in [3.8, 4) is 0 Å². The van der Waals surface area contributed by atoms with E-state index in [1.54, 1.807) is 17.8 Å². The second kappa shape index (κ2) is 7.16. The molecule has 0 fully saturated rings. The van der Waals surface area contributed by atoms with Crippen LogP contribution in [0, 0.1) is 0 Å². The van der Waals surface area contributed by atoms with E-state index in [0.717, 1.165) is 17.9 Å². The molecule has 1 nitrogen and oxygen atoms in total. The van der Waals surface area contributed by atoms with E-state index < -0.39 is 0 Å². The highest BCUT2D eigenvalue weighted by Crippen LogP contribution is 2.06. The van der Waals surface area contributed by atoms with Crippen molar-refractivity contribution in [3.05, 3.63) is 12.7 Å². The average Bonchev–Trinajstić information content (AvgIpc) is 1.89. The first-order valence-electron chi connectivity index (χ1n) is 3.68. The van der Waals surface area contributed by atoms with Crippen LogP contribution in [0.1, 0.15) is 19.8 Å². The second-order valence-electron chi connectivity index (χ2n) is 2.25. The quantitative estimate of drug-likeness (QED) is 0.474. The van der Waals surface area contributed by atoms with Gasteiger partial charge < -0.3 is 5.11 Å². The van der Waals surface area contributed by atoms with Gasteiger partial charge in [-0.1, -0.05) is 13.0 Å². The van der Waals surface area contributed by atoms with Gasteiger partial charge in [0, 0.05) is 5.75 Å². The fourth-order valence-electron chi connectivity index (χ4n) is 0.624. The molecule has 0 heterocycles. The molecule has 0 spiro atoms. The van der Waals surface area contributed by atoms with E-state index in [-0.39, 0.29) is 6.10 Å². The molecular formula is C8H16OS. The molecule has 60 valence electrons. The summed E-state index contributed by atoms with van der Waals surface area (Å²) in [6.07, 6.45) is 3.48. The Hall–Kier alpha value is 0.0500. The van der Waals surface area contributed by atoms with E-state index >= 15 is 0 Å². The minimum atomic E-state index is -0.186. The minimum absolute atomic E-state index is 0.186. The standard InChI is InChI=1S/C8H16OS/c1-3-5-8(9)7-10-6-4-2/h3,8-9H,1,4-7H2,2H3. The van der Waals surface area contributed by atoms with E-state index in [4.69, 9.17) is 0 Å². The van der Waals surface area contributed by atoms with Crippen LogP contribution in [0.4, 0.5) is 0 Å². The number of rotatable bonds is 6. The molecule has 0 rings (SSSR count). The Morgan fingerprint density at radius 2 is 2.40 bits per heavy atom. The molecule has 1 N–H and O–H groups in total. The zero-order chi connectivity index (χ0) is 7.82. The van der Waals surface area contributed by atoms with E-state index in [0.29, 0.717) is 0 Å². The third kappa shape index (κ3) is 6.17. The Morgan fingerprint density at radius 3 is 2.90 bits per heavy atom. The van der Waals surface area contributed by atoms with Gasteiger partial charge in [-0.15, -0.1) is 6.58 Å².